The summed E-state index contributed by atoms with van der Waals surface area (Å²) < 4.78 is 28.6. The summed E-state index contributed by atoms with van der Waals surface area (Å²) in [5, 5.41) is 6.23. The van der Waals surface area contributed by atoms with Crippen molar-refractivity contribution in [2.75, 3.05) is 20.8 Å². The third-order valence-electron chi connectivity index (χ3n) is 4.63. The van der Waals surface area contributed by atoms with Gasteiger partial charge in [0.25, 0.3) is 11.8 Å². The summed E-state index contributed by atoms with van der Waals surface area (Å²) in [6, 6.07) is 16.1. The fourth-order valence-electron chi connectivity index (χ4n) is 2.83. The summed E-state index contributed by atoms with van der Waals surface area (Å²) in [5.41, 5.74) is 3.44. The van der Waals surface area contributed by atoms with E-state index in [4.69, 9.17) is 14.2 Å². The van der Waals surface area contributed by atoms with Crippen LogP contribution < -0.4 is 25.0 Å². The van der Waals surface area contributed by atoms with Crippen LogP contribution in [-0.2, 0) is 4.79 Å². The number of methoxy groups -OCH3 is 2. The minimum Gasteiger partial charge on any atom is -0.493 e. The number of esters is 1. The lowest BCUT2D eigenvalue weighted by atomic mass is 10.2. The van der Waals surface area contributed by atoms with Crippen LogP contribution in [0.5, 0.6) is 17.2 Å². The van der Waals surface area contributed by atoms with Crippen LogP contribution >= 0.6 is 0 Å². The quantitative estimate of drug-likeness (QED) is 0.211. The number of hydrazone groups is 1. The molecule has 0 aromatic heterocycles. The van der Waals surface area contributed by atoms with Crippen molar-refractivity contribution in [3.63, 3.8) is 0 Å². The molecule has 0 heterocycles. The van der Waals surface area contributed by atoms with E-state index in [9.17, 15) is 18.8 Å². The minimum atomic E-state index is -0.567. The Labute approximate surface area is 200 Å². The number of halogens is 1. The number of ether oxygens (including phenoxy) is 3. The van der Waals surface area contributed by atoms with Gasteiger partial charge in [-0.2, -0.15) is 5.10 Å². The zero-order valence-corrected chi connectivity index (χ0v) is 18.9. The number of nitrogens with one attached hydrogen (secondary N) is 2. The lowest BCUT2D eigenvalue weighted by Gasteiger charge is -2.09. The molecule has 2 amide bonds. The van der Waals surface area contributed by atoms with Crippen LogP contribution in [0.2, 0.25) is 0 Å². The van der Waals surface area contributed by atoms with E-state index in [1.54, 1.807) is 36.4 Å². The zero-order chi connectivity index (χ0) is 25.2. The largest absolute Gasteiger partial charge is 0.493 e. The number of carbonyl (C=O) groups excluding carboxylic acids is 3. The molecule has 0 atom stereocenters. The molecule has 0 aliphatic heterocycles. The molecule has 3 aromatic rings. The van der Waals surface area contributed by atoms with Crippen LogP contribution in [-0.4, -0.2) is 44.8 Å². The monoisotopic (exact) mass is 479 g/mol. The predicted molar refractivity (Wildman–Crippen MR) is 125 cm³/mol. The standard InChI is InChI=1S/C25H22FN3O6/c1-33-21-12-7-18(13-22(21)34-2)25(32)35-20-10-3-16(4-11-20)14-28-29-23(30)15-27-24(31)17-5-8-19(26)9-6-17/h3-14H,15H2,1-2H3,(H,27,31)(H,29,30). The number of nitrogens with zero attached hydrogens (tertiary/aromatic N) is 1. The Kier molecular flexibility index (Phi) is 8.49. The molecule has 0 aliphatic rings. The summed E-state index contributed by atoms with van der Waals surface area (Å²) in [4.78, 5) is 36.2. The molecular weight excluding hydrogens is 457 g/mol. The molecule has 3 rings (SSSR count). The molecule has 9 nitrogen and oxygen atoms in total. The van der Waals surface area contributed by atoms with Gasteiger partial charge in [-0.25, -0.2) is 14.6 Å². The van der Waals surface area contributed by atoms with E-state index < -0.39 is 23.6 Å². The van der Waals surface area contributed by atoms with E-state index in [1.165, 1.54) is 38.6 Å². The van der Waals surface area contributed by atoms with Gasteiger partial charge < -0.3 is 19.5 Å². The minimum absolute atomic E-state index is 0.231. The van der Waals surface area contributed by atoms with E-state index in [0.29, 0.717) is 28.4 Å². The lowest BCUT2D eigenvalue weighted by Crippen LogP contribution is -2.34. The first-order valence-corrected chi connectivity index (χ1v) is 10.3. The van der Waals surface area contributed by atoms with Crippen molar-refractivity contribution in [2.45, 2.75) is 0 Å². The van der Waals surface area contributed by atoms with Gasteiger partial charge in [-0.1, -0.05) is 0 Å². The van der Waals surface area contributed by atoms with Gasteiger partial charge >= 0.3 is 5.97 Å². The fourth-order valence-corrected chi connectivity index (χ4v) is 2.83. The summed E-state index contributed by atoms with van der Waals surface area (Å²) in [6.45, 7) is -0.307. The van der Waals surface area contributed by atoms with Gasteiger partial charge in [0.15, 0.2) is 11.5 Å². The molecule has 0 aliphatic carbocycles. The Morgan fingerprint density at radius 1 is 0.886 bits per heavy atom. The van der Waals surface area contributed by atoms with Gasteiger partial charge in [-0.3, -0.25) is 9.59 Å². The molecule has 180 valence electrons. The first kappa shape index (κ1) is 24.9. The van der Waals surface area contributed by atoms with Gasteiger partial charge in [0.2, 0.25) is 0 Å². The van der Waals surface area contributed by atoms with Crippen LogP contribution in [0.15, 0.2) is 71.8 Å². The van der Waals surface area contributed by atoms with Crippen LogP contribution in [0.3, 0.4) is 0 Å². The second-order valence-corrected chi connectivity index (χ2v) is 7.01. The molecule has 0 fully saturated rings. The SMILES string of the molecule is COc1ccc(C(=O)Oc2ccc(C=NNC(=O)CNC(=O)c3ccc(F)cc3)cc2)cc1OC. The first-order valence-electron chi connectivity index (χ1n) is 10.3. The Balaban J connectivity index is 1.47. The predicted octanol–water partition coefficient (Wildman–Crippen LogP) is 2.94. The van der Waals surface area contributed by atoms with Crippen LogP contribution in [0.4, 0.5) is 4.39 Å². The number of hydrogen-bond donors (Lipinski definition) is 2. The Morgan fingerprint density at radius 2 is 1.54 bits per heavy atom. The Bertz CT molecular complexity index is 1230. The summed E-state index contributed by atoms with van der Waals surface area (Å²) in [5.74, 6) is -0.866. The number of amides is 2. The van der Waals surface area contributed by atoms with Crippen LogP contribution in [0, 0.1) is 5.82 Å². The maximum atomic E-state index is 12.9. The molecule has 0 saturated heterocycles. The van der Waals surface area contributed by atoms with E-state index in [1.807, 2.05) is 0 Å². The topological polar surface area (TPSA) is 115 Å². The summed E-state index contributed by atoms with van der Waals surface area (Å²) in [7, 11) is 2.97. The maximum absolute atomic E-state index is 12.9. The zero-order valence-electron chi connectivity index (χ0n) is 18.9. The molecule has 0 radical (unpaired) electrons. The molecular formula is C25H22FN3O6. The van der Waals surface area contributed by atoms with E-state index >= 15 is 0 Å². The maximum Gasteiger partial charge on any atom is 0.343 e. The molecule has 10 heteroatoms. The fraction of sp³-hybridized carbons (Fsp3) is 0.120. The number of rotatable bonds is 9. The lowest BCUT2D eigenvalue weighted by molar-refractivity contribution is -0.120. The highest BCUT2D eigenvalue weighted by atomic mass is 19.1. The second-order valence-electron chi connectivity index (χ2n) is 7.01. The highest BCUT2D eigenvalue weighted by Gasteiger charge is 2.13. The highest BCUT2D eigenvalue weighted by Crippen LogP contribution is 2.28. The molecule has 2 N–H and O–H groups in total. The third kappa shape index (κ3) is 7.13. The van der Waals surface area contributed by atoms with Crippen molar-refractivity contribution in [2.24, 2.45) is 5.10 Å². The van der Waals surface area contributed by atoms with E-state index in [-0.39, 0.29) is 12.1 Å². The summed E-state index contributed by atoms with van der Waals surface area (Å²) >= 11 is 0. The second kappa shape index (κ2) is 11.9. The van der Waals surface area contributed by atoms with Crippen molar-refractivity contribution in [1.29, 1.82) is 0 Å². The van der Waals surface area contributed by atoms with Crippen LogP contribution in [0.1, 0.15) is 26.3 Å². The smallest absolute Gasteiger partial charge is 0.343 e. The average Bonchev–Trinajstić information content (AvgIpc) is 2.88. The van der Waals surface area contributed by atoms with E-state index in [0.717, 1.165) is 12.1 Å². The molecule has 0 bridgehead atoms. The highest BCUT2D eigenvalue weighted by molar-refractivity contribution is 5.96. The van der Waals surface area contributed by atoms with E-state index in [2.05, 4.69) is 15.8 Å². The van der Waals surface area contributed by atoms with Crippen molar-refractivity contribution in [3.05, 3.63) is 89.2 Å². The van der Waals surface area contributed by atoms with Gasteiger partial charge in [0.05, 0.1) is 32.5 Å². The van der Waals surface area contributed by atoms with Crippen molar-refractivity contribution < 1.29 is 33.0 Å². The van der Waals surface area contributed by atoms with Crippen LogP contribution in [0.25, 0.3) is 0 Å². The van der Waals surface area contributed by atoms with Gasteiger partial charge in [0.1, 0.15) is 11.6 Å². The number of benzene rings is 3. The summed E-state index contributed by atoms with van der Waals surface area (Å²) in [6.07, 6.45) is 1.39. The number of carbonyl (C=O) groups is 3. The molecule has 0 saturated carbocycles. The Morgan fingerprint density at radius 3 is 2.20 bits per heavy atom. The van der Waals surface area contributed by atoms with Gasteiger partial charge in [-0.05, 0) is 72.3 Å². The molecule has 35 heavy (non-hydrogen) atoms. The Hall–Kier alpha value is -4.73. The van der Waals surface area contributed by atoms with Crippen molar-refractivity contribution in [1.82, 2.24) is 10.7 Å². The third-order valence-corrected chi connectivity index (χ3v) is 4.63. The van der Waals surface area contributed by atoms with Gasteiger partial charge in [0, 0.05) is 5.56 Å². The molecule has 3 aromatic carbocycles. The molecule has 0 unspecified atom stereocenters. The first-order chi connectivity index (χ1) is 16.9. The number of hydrogen-bond acceptors (Lipinski definition) is 7. The average molecular weight is 479 g/mol. The van der Waals surface area contributed by atoms with Crippen molar-refractivity contribution >= 4 is 24.0 Å². The molecule has 0 spiro atoms. The van der Waals surface area contributed by atoms with Gasteiger partial charge in [-0.15, -0.1) is 0 Å². The van der Waals surface area contributed by atoms with Crippen molar-refractivity contribution in [3.8, 4) is 17.2 Å². The normalized spacial score (nSPS) is 10.5.